The molecule has 1 fully saturated rings. The highest BCUT2D eigenvalue weighted by molar-refractivity contribution is 6.33. The summed E-state index contributed by atoms with van der Waals surface area (Å²) in [5.74, 6) is -0.277. The van der Waals surface area contributed by atoms with E-state index in [9.17, 15) is 9.59 Å². The lowest BCUT2D eigenvalue weighted by Crippen LogP contribution is -2.34. The maximum atomic E-state index is 12.5. The van der Waals surface area contributed by atoms with Crippen LogP contribution in [0.4, 0.5) is 5.69 Å². The van der Waals surface area contributed by atoms with Gasteiger partial charge < -0.3 is 20.1 Å². The number of halogens is 1. The van der Waals surface area contributed by atoms with E-state index in [0.717, 1.165) is 31.6 Å². The Bertz CT molecular complexity index is 786. The van der Waals surface area contributed by atoms with Gasteiger partial charge in [-0.25, -0.2) is 0 Å². The number of carbonyl (C=O) groups excluding carboxylic acids is 2. The van der Waals surface area contributed by atoms with Crippen molar-refractivity contribution in [2.45, 2.75) is 18.8 Å². The molecule has 1 aliphatic rings. The Hall–Kier alpha value is -2.38. The van der Waals surface area contributed by atoms with Gasteiger partial charge in [0.2, 0.25) is 11.7 Å². The van der Waals surface area contributed by atoms with Crippen LogP contribution in [0.2, 0.25) is 5.02 Å². The highest BCUT2D eigenvalue weighted by Crippen LogP contribution is 2.25. The third kappa shape index (κ3) is 4.42. The Morgan fingerprint density at radius 2 is 2.08 bits per heavy atom. The number of hydrogen-bond donors (Lipinski definition) is 2. The lowest BCUT2D eigenvalue weighted by Gasteiger charge is -2.19. The molecule has 138 valence electrons. The van der Waals surface area contributed by atoms with Crippen LogP contribution in [0.1, 0.15) is 35.0 Å². The molecular formula is C18H21ClN4O3. The van der Waals surface area contributed by atoms with Crippen LogP contribution in [-0.2, 0) is 4.79 Å². The number of para-hydroxylation sites is 1. The first kappa shape index (κ1) is 18.4. The number of rotatable bonds is 5. The largest absolute Gasteiger partial charge is 0.351 e. The zero-order valence-electron chi connectivity index (χ0n) is 14.5. The Morgan fingerprint density at radius 1 is 1.35 bits per heavy atom. The summed E-state index contributed by atoms with van der Waals surface area (Å²) in [4.78, 5) is 25.9. The molecule has 0 spiro atoms. The average Bonchev–Trinajstić information content (AvgIpc) is 3.14. The van der Waals surface area contributed by atoms with E-state index in [-0.39, 0.29) is 24.1 Å². The number of piperidine rings is 1. The number of anilines is 1. The molecule has 2 aromatic rings. The lowest BCUT2D eigenvalue weighted by atomic mass is 9.94. The van der Waals surface area contributed by atoms with E-state index in [1.54, 1.807) is 37.4 Å². The quantitative estimate of drug-likeness (QED) is 0.837. The highest BCUT2D eigenvalue weighted by Gasteiger charge is 2.24. The van der Waals surface area contributed by atoms with Gasteiger partial charge in [0.1, 0.15) is 0 Å². The zero-order chi connectivity index (χ0) is 18.5. The average molecular weight is 377 g/mol. The first-order valence-electron chi connectivity index (χ1n) is 8.52. The number of nitrogens with zero attached hydrogens (tertiary/aromatic N) is 2. The van der Waals surface area contributed by atoms with Crippen molar-refractivity contribution in [3.63, 3.8) is 0 Å². The molecule has 0 unspecified atom stereocenters. The van der Waals surface area contributed by atoms with Crippen molar-refractivity contribution in [3.05, 3.63) is 46.8 Å². The second kappa shape index (κ2) is 8.33. The molecule has 0 saturated carbocycles. The van der Waals surface area contributed by atoms with Crippen molar-refractivity contribution in [2.24, 2.45) is 0 Å². The van der Waals surface area contributed by atoms with Gasteiger partial charge in [-0.05, 0) is 38.1 Å². The van der Waals surface area contributed by atoms with Crippen molar-refractivity contribution in [1.29, 1.82) is 0 Å². The summed E-state index contributed by atoms with van der Waals surface area (Å²) >= 11 is 6.02. The third-order valence-corrected chi connectivity index (χ3v) is 4.70. The summed E-state index contributed by atoms with van der Waals surface area (Å²) in [5.41, 5.74) is 1.30. The first-order valence-corrected chi connectivity index (χ1v) is 8.89. The van der Waals surface area contributed by atoms with Crippen LogP contribution >= 0.6 is 11.6 Å². The molecule has 1 saturated heterocycles. The van der Waals surface area contributed by atoms with E-state index in [0.29, 0.717) is 16.6 Å². The Labute approximate surface area is 156 Å². The molecule has 0 atom stereocenters. The highest BCUT2D eigenvalue weighted by atomic mass is 35.5. The summed E-state index contributed by atoms with van der Waals surface area (Å²) < 4.78 is 5.21. The minimum Gasteiger partial charge on any atom is -0.351 e. The third-order valence-electron chi connectivity index (χ3n) is 4.37. The molecule has 1 aromatic carbocycles. The molecule has 2 N–H and O–H groups in total. The molecule has 7 nitrogen and oxygen atoms in total. The number of likely N-dealkylation sites (N-methyl/N-ethyl adjacent to an activating group) is 1. The second-order valence-electron chi connectivity index (χ2n) is 6.33. The van der Waals surface area contributed by atoms with Gasteiger partial charge in [0.05, 0.1) is 22.9 Å². The van der Waals surface area contributed by atoms with Crippen molar-refractivity contribution in [1.82, 2.24) is 15.4 Å². The molecule has 2 amide bonds. The molecule has 26 heavy (non-hydrogen) atoms. The van der Waals surface area contributed by atoms with Gasteiger partial charge in [0, 0.05) is 19.0 Å². The maximum Gasteiger partial charge on any atom is 0.292 e. The smallest absolute Gasteiger partial charge is 0.292 e. The van der Waals surface area contributed by atoms with E-state index in [1.807, 2.05) is 0 Å². The SMILES string of the molecule is CN(CC(=O)Nc1ccccc1Cl)C(=O)c1cc(C2CCNCC2)no1. The van der Waals surface area contributed by atoms with Crippen LogP contribution in [0.5, 0.6) is 0 Å². The normalized spacial score (nSPS) is 14.8. The summed E-state index contributed by atoms with van der Waals surface area (Å²) in [6.45, 7) is 1.75. The van der Waals surface area contributed by atoms with Crippen LogP contribution < -0.4 is 10.6 Å². The second-order valence-corrected chi connectivity index (χ2v) is 6.74. The molecule has 8 heteroatoms. The number of amides is 2. The van der Waals surface area contributed by atoms with Crippen molar-refractivity contribution < 1.29 is 14.1 Å². The topological polar surface area (TPSA) is 87.5 Å². The molecular weight excluding hydrogens is 356 g/mol. The zero-order valence-corrected chi connectivity index (χ0v) is 15.3. The fraction of sp³-hybridized carbons (Fsp3) is 0.389. The molecule has 1 aromatic heterocycles. The minimum absolute atomic E-state index is 0.118. The van der Waals surface area contributed by atoms with Gasteiger partial charge in [0.15, 0.2) is 0 Å². The lowest BCUT2D eigenvalue weighted by molar-refractivity contribution is -0.116. The van der Waals surface area contributed by atoms with Gasteiger partial charge in [-0.15, -0.1) is 0 Å². The standard InChI is InChI=1S/C18H21ClN4O3/c1-23(11-17(24)21-14-5-3-2-4-13(14)19)18(25)16-10-15(22-26-16)12-6-8-20-9-7-12/h2-5,10,12,20H,6-9,11H2,1H3,(H,21,24). The van der Waals surface area contributed by atoms with Crippen molar-refractivity contribution in [2.75, 3.05) is 32.0 Å². The molecule has 2 heterocycles. The number of aromatic nitrogens is 1. The number of benzene rings is 1. The summed E-state index contributed by atoms with van der Waals surface area (Å²) in [5, 5.41) is 10.5. The first-order chi connectivity index (χ1) is 12.5. The van der Waals surface area contributed by atoms with Gasteiger partial charge in [-0.2, -0.15) is 0 Å². The van der Waals surface area contributed by atoms with E-state index >= 15 is 0 Å². The molecule has 1 aliphatic heterocycles. The monoisotopic (exact) mass is 376 g/mol. The fourth-order valence-corrected chi connectivity index (χ4v) is 3.11. The van der Waals surface area contributed by atoms with Gasteiger partial charge in [-0.3, -0.25) is 9.59 Å². The van der Waals surface area contributed by atoms with Crippen LogP contribution in [-0.4, -0.2) is 48.6 Å². The van der Waals surface area contributed by atoms with Crippen molar-refractivity contribution >= 4 is 29.1 Å². The van der Waals surface area contributed by atoms with E-state index < -0.39 is 0 Å². The summed E-state index contributed by atoms with van der Waals surface area (Å²) in [6.07, 6.45) is 1.94. The number of nitrogens with one attached hydrogen (secondary N) is 2. The van der Waals surface area contributed by atoms with Crippen LogP contribution in [0.3, 0.4) is 0 Å². The van der Waals surface area contributed by atoms with E-state index in [1.165, 1.54) is 4.90 Å². The predicted octanol–water partition coefficient (Wildman–Crippen LogP) is 2.51. The molecule has 0 aliphatic carbocycles. The number of carbonyl (C=O) groups is 2. The maximum absolute atomic E-state index is 12.5. The van der Waals surface area contributed by atoms with Crippen LogP contribution in [0.15, 0.2) is 34.9 Å². The van der Waals surface area contributed by atoms with E-state index in [2.05, 4.69) is 15.8 Å². The Morgan fingerprint density at radius 3 is 2.81 bits per heavy atom. The fourth-order valence-electron chi connectivity index (χ4n) is 2.93. The van der Waals surface area contributed by atoms with Gasteiger partial charge >= 0.3 is 0 Å². The van der Waals surface area contributed by atoms with Crippen LogP contribution in [0, 0.1) is 0 Å². The summed E-state index contributed by atoms with van der Waals surface area (Å²) in [6, 6.07) is 8.61. The minimum atomic E-state index is -0.382. The molecule has 3 rings (SSSR count). The van der Waals surface area contributed by atoms with Gasteiger partial charge in [-0.1, -0.05) is 28.9 Å². The van der Waals surface area contributed by atoms with E-state index in [4.69, 9.17) is 16.1 Å². The Kier molecular flexibility index (Phi) is 5.90. The molecule has 0 radical (unpaired) electrons. The Balaban J connectivity index is 1.58. The van der Waals surface area contributed by atoms with Gasteiger partial charge in [0.25, 0.3) is 5.91 Å². The predicted molar refractivity (Wildman–Crippen MR) is 98.4 cm³/mol. The van der Waals surface area contributed by atoms with Crippen LogP contribution in [0.25, 0.3) is 0 Å². The summed E-state index contributed by atoms with van der Waals surface area (Å²) in [7, 11) is 1.54. The number of hydrogen-bond acceptors (Lipinski definition) is 5. The molecule has 0 bridgehead atoms. The van der Waals surface area contributed by atoms with Crippen molar-refractivity contribution in [3.8, 4) is 0 Å².